The Labute approximate surface area is 200 Å². The zero-order chi connectivity index (χ0) is 23.8. The number of nitriles is 1. The molecule has 3 aromatic rings. The van der Waals surface area contributed by atoms with Crippen LogP contribution in [-0.2, 0) is 0 Å². The number of thiophene rings is 1. The number of nitrogens with zero attached hydrogens (tertiary/aromatic N) is 2. The summed E-state index contributed by atoms with van der Waals surface area (Å²) in [5, 5.41) is 31.0. The van der Waals surface area contributed by atoms with Crippen LogP contribution in [-0.4, -0.2) is 51.9 Å². The largest absolute Gasteiger partial charge is 0.506 e. The van der Waals surface area contributed by atoms with Crippen LogP contribution < -0.4 is 10.3 Å². The number of piperidine rings is 1. The van der Waals surface area contributed by atoms with Crippen molar-refractivity contribution in [1.29, 1.82) is 5.26 Å². The van der Waals surface area contributed by atoms with Crippen LogP contribution in [0.4, 0.5) is 0 Å². The average molecular weight is 488 g/mol. The first kappa shape index (κ1) is 23.6. The summed E-state index contributed by atoms with van der Waals surface area (Å²) in [4.78, 5) is 17.4. The number of likely N-dealkylation sites (tertiary alicyclic amines) is 1. The van der Waals surface area contributed by atoms with Crippen molar-refractivity contribution in [3.8, 4) is 28.7 Å². The van der Waals surface area contributed by atoms with E-state index >= 15 is 0 Å². The lowest BCUT2D eigenvalue weighted by Gasteiger charge is -2.38. The van der Waals surface area contributed by atoms with E-state index in [0.29, 0.717) is 50.2 Å². The zero-order valence-corrected chi connectivity index (χ0v) is 20.1. The lowest BCUT2D eigenvalue weighted by molar-refractivity contribution is -0.0537. The molecule has 4 rings (SSSR count). The molecular formula is C24H26ClN3O4S. The van der Waals surface area contributed by atoms with E-state index in [0.717, 1.165) is 31.0 Å². The van der Waals surface area contributed by atoms with Gasteiger partial charge in [0.05, 0.1) is 5.39 Å². The van der Waals surface area contributed by atoms with E-state index in [4.69, 9.17) is 16.3 Å². The number of rotatable bonds is 6. The Balaban J connectivity index is 1.50. The van der Waals surface area contributed by atoms with Gasteiger partial charge in [-0.05, 0) is 36.5 Å². The van der Waals surface area contributed by atoms with Crippen LogP contribution >= 0.6 is 22.9 Å². The lowest BCUT2D eigenvalue weighted by Crippen LogP contribution is -2.48. The smallest absolute Gasteiger partial charge is 0.270 e. The normalized spacial score (nSPS) is 16.2. The molecule has 0 amide bonds. The number of aromatic amines is 1. The number of nitrogens with one attached hydrogen (secondary N) is 1. The van der Waals surface area contributed by atoms with Crippen LogP contribution in [0.25, 0.3) is 21.3 Å². The van der Waals surface area contributed by atoms with E-state index in [1.807, 2.05) is 0 Å². The Morgan fingerprint density at radius 3 is 2.58 bits per heavy atom. The van der Waals surface area contributed by atoms with Gasteiger partial charge < -0.3 is 24.8 Å². The van der Waals surface area contributed by atoms with E-state index < -0.39 is 11.2 Å². The highest BCUT2D eigenvalue weighted by atomic mass is 35.5. The van der Waals surface area contributed by atoms with Crippen molar-refractivity contribution in [2.24, 2.45) is 5.92 Å². The third kappa shape index (κ3) is 4.87. The molecule has 0 unspecified atom stereocenters. The van der Waals surface area contributed by atoms with Crippen molar-refractivity contribution in [2.45, 2.75) is 32.3 Å². The van der Waals surface area contributed by atoms with Gasteiger partial charge in [-0.25, -0.2) is 0 Å². The number of aromatic nitrogens is 1. The fraction of sp³-hybridized carbons (Fsp3) is 0.417. The van der Waals surface area contributed by atoms with Crippen molar-refractivity contribution in [1.82, 2.24) is 9.88 Å². The predicted molar refractivity (Wildman–Crippen MR) is 130 cm³/mol. The van der Waals surface area contributed by atoms with Gasteiger partial charge in [-0.2, -0.15) is 5.26 Å². The highest BCUT2D eigenvalue weighted by Gasteiger charge is 2.33. The van der Waals surface area contributed by atoms with Gasteiger partial charge in [-0.15, -0.1) is 11.3 Å². The SMILES string of the molecule is CC(C)CN1CCC(O)(COc2ccc(-c3c(Cl)sc4[nH]c(=O)c(C#N)c(O)c34)cc2)CC1. The van der Waals surface area contributed by atoms with E-state index in [9.17, 15) is 20.3 Å². The first-order chi connectivity index (χ1) is 15.7. The first-order valence-corrected chi connectivity index (χ1v) is 12.1. The summed E-state index contributed by atoms with van der Waals surface area (Å²) in [5.74, 6) is 0.844. The number of hydrogen-bond donors (Lipinski definition) is 3. The molecule has 7 nitrogen and oxygen atoms in total. The maximum atomic E-state index is 12.0. The minimum atomic E-state index is -0.843. The molecule has 0 aliphatic carbocycles. The third-order valence-corrected chi connectivity index (χ3v) is 7.28. The molecule has 0 spiro atoms. The number of halogens is 1. The highest BCUT2D eigenvalue weighted by Crippen LogP contribution is 2.45. The number of hydrogen-bond acceptors (Lipinski definition) is 7. The van der Waals surface area contributed by atoms with Gasteiger partial charge in [-0.1, -0.05) is 37.6 Å². The van der Waals surface area contributed by atoms with Gasteiger partial charge in [0.15, 0.2) is 5.56 Å². The number of fused-ring (bicyclic) bond motifs is 1. The molecule has 3 N–H and O–H groups in total. The third-order valence-electron chi connectivity index (χ3n) is 5.97. The second-order valence-electron chi connectivity index (χ2n) is 8.98. The molecule has 0 saturated carbocycles. The van der Waals surface area contributed by atoms with E-state index in [-0.39, 0.29) is 17.9 Å². The minimum Gasteiger partial charge on any atom is -0.506 e. The second-order valence-corrected chi connectivity index (χ2v) is 10.6. The van der Waals surface area contributed by atoms with Gasteiger partial charge in [0.25, 0.3) is 5.56 Å². The van der Waals surface area contributed by atoms with Crippen LogP contribution in [0.2, 0.25) is 4.34 Å². The molecule has 33 heavy (non-hydrogen) atoms. The van der Waals surface area contributed by atoms with Crippen molar-refractivity contribution in [2.75, 3.05) is 26.2 Å². The molecule has 3 heterocycles. The van der Waals surface area contributed by atoms with E-state index in [2.05, 4.69) is 23.7 Å². The summed E-state index contributed by atoms with van der Waals surface area (Å²) in [6.07, 6.45) is 1.35. The Morgan fingerprint density at radius 1 is 1.30 bits per heavy atom. The minimum absolute atomic E-state index is 0.220. The molecular weight excluding hydrogens is 462 g/mol. The maximum absolute atomic E-state index is 12.0. The fourth-order valence-corrected chi connectivity index (χ4v) is 5.61. The molecule has 1 aromatic carbocycles. The van der Waals surface area contributed by atoms with Crippen LogP contribution in [0.5, 0.6) is 11.5 Å². The number of aromatic hydroxyl groups is 1. The number of H-pyrrole nitrogens is 1. The predicted octanol–water partition coefficient (Wildman–Crippen LogP) is 4.35. The summed E-state index contributed by atoms with van der Waals surface area (Å²) in [6, 6.07) is 8.89. The van der Waals surface area contributed by atoms with E-state index in [1.165, 1.54) is 0 Å². The Kier molecular flexibility index (Phi) is 6.68. The van der Waals surface area contributed by atoms with Crippen molar-refractivity contribution in [3.63, 3.8) is 0 Å². The van der Waals surface area contributed by atoms with Gasteiger partial charge in [-0.3, -0.25) is 4.79 Å². The molecule has 1 fully saturated rings. The molecule has 0 atom stereocenters. The first-order valence-electron chi connectivity index (χ1n) is 10.9. The van der Waals surface area contributed by atoms with Gasteiger partial charge >= 0.3 is 0 Å². The molecule has 9 heteroatoms. The fourth-order valence-electron chi connectivity index (χ4n) is 4.23. The molecule has 1 saturated heterocycles. The Bertz CT molecular complexity index is 1250. The Hall–Kier alpha value is -2.57. The van der Waals surface area contributed by atoms with Crippen molar-refractivity contribution in [3.05, 3.63) is 44.5 Å². The topological polar surface area (TPSA) is 110 Å². The number of benzene rings is 1. The summed E-state index contributed by atoms with van der Waals surface area (Å²) < 4.78 is 6.28. The summed E-state index contributed by atoms with van der Waals surface area (Å²) in [7, 11) is 0. The van der Waals surface area contributed by atoms with Gasteiger partial charge in [0, 0.05) is 25.2 Å². The van der Waals surface area contributed by atoms with Gasteiger partial charge in [0.2, 0.25) is 0 Å². The van der Waals surface area contributed by atoms with Crippen molar-refractivity contribution < 1.29 is 14.9 Å². The summed E-state index contributed by atoms with van der Waals surface area (Å²) in [5.41, 5.74) is -0.575. The van der Waals surface area contributed by atoms with Gasteiger partial charge in [0.1, 0.15) is 38.9 Å². The molecule has 1 aliphatic rings. The zero-order valence-electron chi connectivity index (χ0n) is 18.5. The quantitative estimate of drug-likeness (QED) is 0.477. The highest BCUT2D eigenvalue weighted by molar-refractivity contribution is 7.23. The molecule has 1 aliphatic heterocycles. The molecule has 0 bridgehead atoms. The van der Waals surface area contributed by atoms with Crippen LogP contribution in [0.1, 0.15) is 32.3 Å². The van der Waals surface area contributed by atoms with Crippen molar-refractivity contribution >= 4 is 33.2 Å². The molecule has 0 radical (unpaired) electrons. The van der Waals surface area contributed by atoms with Crippen LogP contribution in [0.15, 0.2) is 29.1 Å². The number of ether oxygens (including phenoxy) is 1. The molecule has 2 aromatic heterocycles. The molecule has 174 valence electrons. The van der Waals surface area contributed by atoms with E-state index in [1.54, 1.807) is 30.3 Å². The summed E-state index contributed by atoms with van der Waals surface area (Å²) >= 11 is 7.55. The van der Waals surface area contributed by atoms with Crippen LogP contribution in [0.3, 0.4) is 0 Å². The second kappa shape index (κ2) is 9.35. The lowest BCUT2D eigenvalue weighted by atomic mass is 9.92. The average Bonchev–Trinajstić information content (AvgIpc) is 3.10. The number of pyridine rings is 1. The monoisotopic (exact) mass is 487 g/mol. The van der Waals surface area contributed by atoms with Crippen LogP contribution in [0, 0.1) is 17.2 Å². The standard InChI is InChI=1S/C24H26ClN3O4S/c1-14(2)12-28-9-7-24(31,8-10-28)13-32-16-5-3-15(4-6-16)18-19-20(29)17(11-26)22(30)27-23(19)33-21(18)25/h3-6,14,31H,7-10,12-13H2,1-2H3,(H2,27,29,30). The maximum Gasteiger partial charge on any atom is 0.270 e. The Morgan fingerprint density at radius 2 is 1.97 bits per heavy atom. The summed E-state index contributed by atoms with van der Waals surface area (Å²) in [6.45, 7) is 7.37. The number of aliphatic hydroxyl groups is 1.